The molecule has 29 heavy (non-hydrogen) atoms. The van der Waals surface area contributed by atoms with Gasteiger partial charge in [-0.15, -0.1) is 0 Å². The first kappa shape index (κ1) is 19.2. The van der Waals surface area contributed by atoms with Gasteiger partial charge in [0.1, 0.15) is 11.6 Å². The highest BCUT2D eigenvalue weighted by atomic mass is 16.3. The van der Waals surface area contributed by atoms with Crippen LogP contribution < -0.4 is 4.90 Å². The van der Waals surface area contributed by atoms with E-state index in [2.05, 4.69) is 26.9 Å². The summed E-state index contributed by atoms with van der Waals surface area (Å²) in [6.45, 7) is 4.74. The highest BCUT2D eigenvalue weighted by Gasteiger charge is 2.23. The van der Waals surface area contributed by atoms with Crippen LogP contribution >= 0.6 is 0 Å². The van der Waals surface area contributed by atoms with Crippen LogP contribution in [0, 0.1) is 0 Å². The number of aromatic nitrogens is 1. The lowest BCUT2D eigenvalue weighted by Gasteiger charge is -2.36. The van der Waals surface area contributed by atoms with E-state index in [-0.39, 0.29) is 5.91 Å². The zero-order valence-corrected chi connectivity index (χ0v) is 16.5. The van der Waals surface area contributed by atoms with Gasteiger partial charge in [-0.25, -0.2) is 4.98 Å². The van der Waals surface area contributed by atoms with Crippen LogP contribution in [0.5, 0.6) is 0 Å². The van der Waals surface area contributed by atoms with Crippen LogP contribution in [0.4, 0.5) is 5.82 Å². The number of carbonyl (C=O) groups excluding carboxylic acids is 1. The molecule has 1 aliphatic heterocycles. The average Bonchev–Trinajstić information content (AvgIpc) is 3.28. The second-order valence-corrected chi connectivity index (χ2v) is 7.27. The molecule has 1 amide bonds. The Morgan fingerprint density at radius 1 is 0.931 bits per heavy atom. The van der Waals surface area contributed by atoms with Crippen molar-refractivity contribution in [1.82, 2.24) is 14.8 Å². The number of anilines is 1. The van der Waals surface area contributed by atoms with Crippen molar-refractivity contribution in [3.8, 4) is 0 Å². The summed E-state index contributed by atoms with van der Waals surface area (Å²) in [6.07, 6.45) is 3.48. The lowest BCUT2D eigenvalue weighted by atomic mass is 10.2. The van der Waals surface area contributed by atoms with Crippen molar-refractivity contribution >= 4 is 11.7 Å². The van der Waals surface area contributed by atoms with Crippen LogP contribution in [0.25, 0.3) is 0 Å². The molecule has 0 N–H and O–H groups in total. The minimum atomic E-state index is 0.160. The van der Waals surface area contributed by atoms with E-state index < -0.39 is 0 Å². The van der Waals surface area contributed by atoms with Gasteiger partial charge >= 0.3 is 0 Å². The molecule has 1 fully saturated rings. The van der Waals surface area contributed by atoms with E-state index in [4.69, 9.17) is 4.42 Å². The van der Waals surface area contributed by atoms with E-state index in [9.17, 15) is 4.79 Å². The maximum atomic E-state index is 13.0. The molecule has 4 rings (SSSR count). The second kappa shape index (κ2) is 9.39. The molecule has 0 atom stereocenters. The maximum Gasteiger partial charge on any atom is 0.236 e. The minimum absolute atomic E-state index is 0.160. The smallest absolute Gasteiger partial charge is 0.236 e. The van der Waals surface area contributed by atoms with Crippen molar-refractivity contribution in [2.24, 2.45) is 0 Å². The molecule has 0 radical (unpaired) electrons. The predicted molar refractivity (Wildman–Crippen MR) is 112 cm³/mol. The summed E-state index contributed by atoms with van der Waals surface area (Å²) in [5.74, 6) is 2.00. The average molecular weight is 390 g/mol. The Hall–Kier alpha value is -3.12. The third-order valence-corrected chi connectivity index (χ3v) is 5.17. The van der Waals surface area contributed by atoms with Gasteiger partial charge in [-0.1, -0.05) is 36.4 Å². The number of benzene rings is 1. The summed E-state index contributed by atoms with van der Waals surface area (Å²) in [6, 6.07) is 20.0. The highest BCUT2D eigenvalue weighted by Crippen LogP contribution is 2.14. The van der Waals surface area contributed by atoms with E-state index in [1.165, 1.54) is 5.56 Å². The number of piperazine rings is 1. The van der Waals surface area contributed by atoms with Gasteiger partial charge in [-0.3, -0.25) is 9.69 Å². The summed E-state index contributed by atoms with van der Waals surface area (Å²) in [7, 11) is 0. The number of carbonyl (C=O) groups is 1. The fourth-order valence-electron chi connectivity index (χ4n) is 3.65. The molecule has 3 heterocycles. The number of hydrogen-bond donors (Lipinski definition) is 0. The van der Waals surface area contributed by atoms with Crippen LogP contribution in [0.15, 0.2) is 77.5 Å². The van der Waals surface area contributed by atoms with Crippen LogP contribution in [0.3, 0.4) is 0 Å². The van der Waals surface area contributed by atoms with E-state index >= 15 is 0 Å². The normalized spacial score (nSPS) is 14.4. The first-order valence-electron chi connectivity index (χ1n) is 10.0. The zero-order chi connectivity index (χ0) is 19.9. The number of furan rings is 1. The molecule has 6 heteroatoms. The summed E-state index contributed by atoms with van der Waals surface area (Å²) in [4.78, 5) is 23.7. The van der Waals surface area contributed by atoms with E-state index in [0.717, 1.165) is 37.8 Å². The van der Waals surface area contributed by atoms with Crippen LogP contribution in [-0.4, -0.2) is 53.4 Å². The summed E-state index contributed by atoms with van der Waals surface area (Å²) >= 11 is 0. The Bertz CT molecular complexity index is 876. The van der Waals surface area contributed by atoms with E-state index in [1.54, 1.807) is 6.26 Å². The zero-order valence-electron chi connectivity index (χ0n) is 16.5. The van der Waals surface area contributed by atoms with Crippen LogP contribution in [0.1, 0.15) is 11.3 Å². The van der Waals surface area contributed by atoms with Gasteiger partial charge in [-0.05, 0) is 29.8 Å². The molecule has 0 unspecified atom stereocenters. The maximum absolute atomic E-state index is 13.0. The molecule has 1 saturated heterocycles. The Morgan fingerprint density at radius 3 is 2.41 bits per heavy atom. The molecule has 0 aliphatic carbocycles. The molecular weight excluding hydrogens is 364 g/mol. The standard InChI is InChI=1S/C23H26N4O2/c28-23(27-14-12-26(13-15-27)22-10-4-5-11-24-22)19-25(18-21-9-6-16-29-21)17-20-7-2-1-3-8-20/h1-11,16H,12-15,17-19H2. The third-order valence-electron chi connectivity index (χ3n) is 5.17. The monoisotopic (exact) mass is 390 g/mol. The number of nitrogens with zero attached hydrogens (tertiary/aromatic N) is 4. The molecule has 1 aromatic carbocycles. The summed E-state index contributed by atoms with van der Waals surface area (Å²) < 4.78 is 5.51. The van der Waals surface area contributed by atoms with E-state index in [0.29, 0.717) is 19.6 Å². The Balaban J connectivity index is 1.36. The Morgan fingerprint density at radius 2 is 1.72 bits per heavy atom. The molecule has 150 valence electrons. The van der Waals surface area contributed by atoms with Crippen LogP contribution in [0.2, 0.25) is 0 Å². The molecule has 6 nitrogen and oxygen atoms in total. The number of pyridine rings is 1. The fourth-order valence-corrected chi connectivity index (χ4v) is 3.65. The highest BCUT2D eigenvalue weighted by molar-refractivity contribution is 5.78. The van der Waals surface area contributed by atoms with E-state index in [1.807, 2.05) is 59.6 Å². The molecule has 2 aromatic heterocycles. The Kier molecular flexibility index (Phi) is 6.22. The molecule has 0 saturated carbocycles. The van der Waals surface area contributed by atoms with Crippen molar-refractivity contribution in [1.29, 1.82) is 0 Å². The molecule has 1 aliphatic rings. The number of hydrogen-bond acceptors (Lipinski definition) is 5. The third kappa shape index (κ3) is 5.23. The molecule has 3 aromatic rings. The van der Waals surface area contributed by atoms with Gasteiger partial charge in [0.05, 0.1) is 19.4 Å². The first-order chi connectivity index (χ1) is 14.3. The second-order valence-electron chi connectivity index (χ2n) is 7.27. The summed E-state index contributed by atoms with van der Waals surface area (Å²) in [5.41, 5.74) is 1.19. The van der Waals surface area contributed by atoms with Crippen molar-refractivity contribution in [2.75, 3.05) is 37.6 Å². The lowest BCUT2D eigenvalue weighted by Crippen LogP contribution is -2.51. The molecule has 0 spiro atoms. The van der Waals surface area contributed by atoms with Crippen molar-refractivity contribution in [3.63, 3.8) is 0 Å². The quantitative estimate of drug-likeness (QED) is 0.621. The molecular formula is C23H26N4O2. The predicted octanol–water partition coefficient (Wildman–Crippen LogP) is 3.03. The number of rotatable bonds is 7. The van der Waals surface area contributed by atoms with Gasteiger partial charge in [-0.2, -0.15) is 0 Å². The van der Waals surface area contributed by atoms with Crippen molar-refractivity contribution in [3.05, 3.63) is 84.4 Å². The number of amides is 1. The van der Waals surface area contributed by atoms with Crippen LogP contribution in [-0.2, 0) is 17.9 Å². The minimum Gasteiger partial charge on any atom is -0.468 e. The van der Waals surface area contributed by atoms with Gasteiger partial charge in [0.2, 0.25) is 5.91 Å². The van der Waals surface area contributed by atoms with Gasteiger partial charge in [0.15, 0.2) is 0 Å². The SMILES string of the molecule is O=C(CN(Cc1ccccc1)Cc1ccco1)N1CCN(c2ccccn2)CC1. The summed E-state index contributed by atoms with van der Waals surface area (Å²) in [5, 5.41) is 0. The largest absolute Gasteiger partial charge is 0.468 e. The first-order valence-corrected chi connectivity index (χ1v) is 10.0. The molecule has 0 bridgehead atoms. The Labute approximate surface area is 171 Å². The van der Waals surface area contributed by atoms with Crippen molar-refractivity contribution < 1.29 is 9.21 Å². The fraction of sp³-hybridized carbons (Fsp3) is 0.304. The topological polar surface area (TPSA) is 52.8 Å². The lowest BCUT2D eigenvalue weighted by molar-refractivity contribution is -0.133. The van der Waals surface area contributed by atoms with Gasteiger partial charge in [0, 0.05) is 38.9 Å². The van der Waals surface area contributed by atoms with Gasteiger partial charge < -0.3 is 14.2 Å². The van der Waals surface area contributed by atoms with Gasteiger partial charge in [0.25, 0.3) is 0 Å². The van der Waals surface area contributed by atoms with Crippen molar-refractivity contribution in [2.45, 2.75) is 13.1 Å².